The smallest absolute Gasteiger partial charge is 0.328 e. The van der Waals surface area contributed by atoms with Crippen LogP contribution in [0.1, 0.15) is 16.8 Å². The maximum atomic E-state index is 11.8. The molecule has 0 saturated carbocycles. The van der Waals surface area contributed by atoms with Crippen LogP contribution in [0.25, 0.3) is 0 Å². The minimum absolute atomic E-state index is 0.0539. The molecule has 0 aromatic heterocycles. The van der Waals surface area contributed by atoms with E-state index in [1.54, 1.807) is 0 Å². The van der Waals surface area contributed by atoms with Gasteiger partial charge in [0.2, 0.25) is 0 Å². The molecule has 0 radical (unpaired) electrons. The number of nitrogens with one attached hydrogen (secondary N) is 1. The van der Waals surface area contributed by atoms with Crippen molar-refractivity contribution in [2.24, 2.45) is 0 Å². The molecule has 0 aliphatic carbocycles. The topological polar surface area (TPSA) is 98.5 Å². The monoisotopic (exact) mass is 284 g/mol. The summed E-state index contributed by atoms with van der Waals surface area (Å²) in [5.41, 5.74) is -0.292. The van der Waals surface area contributed by atoms with Crippen molar-refractivity contribution in [3.05, 3.63) is 38.9 Å². The quantitative estimate of drug-likeness (QED) is 0.512. The van der Waals surface area contributed by atoms with Crippen molar-refractivity contribution in [3.8, 4) is 0 Å². The van der Waals surface area contributed by atoms with Crippen molar-refractivity contribution in [2.45, 2.75) is 12.5 Å². The first-order valence-electron chi connectivity index (χ1n) is 5.40. The summed E-state index contributed by atoms with van der Waals surface area (Å²) in [4.78, 5) is 33.1. The first-order chi connectivity index (χ1) is 8.99. The third-order valence-corrected chi connectivity index (χ3v) is 2.97. The molecule has 1 aliphatic rings. The van der Waals surface area contributed by atoms with Crippen molar-refractivity contribution in [1.29, 1.82) is 0 Å². The zero-order chi connectivity index (χ0) is 14.0. The van der Waals surface area contributed by atoms with E-state index in [9.17, 15) is 19.7 Å². The molecule has 1 heterocycles. The first-order valence-corrected chi connectivity index (χ1v) is 5.78. The normalized spacial score (nSPS) is 17.9. The van der Waals surface area contributed by atoms with Gasteiger partial charge in [-0.3, -0.25) is 14.9 Å². The standard InChI is InChI=1S/C11H9ClN2O5/c12-7-2-1-6(5-9(7)14(17)18)10(15)13-8-3-4-19-11(8)16/h1-2,5,8H,3-4H2,(H,13,15). The lowest BCUT2D eigenvalue weighted by Gasteiger charge is -2.08. The summed E-state index contributed by atoms with van der Waals surface area (Å²) in [6.45, 7) is 0.255. The van der Waals surface area contributed by atoms with E-state index in [1.807, 2.05) is 0 Å². The number of nitro benzene ring substituents is 1. The maximum absolute atomic E-state index is 11.8. The highest BCUT2D eigenvalue weighted by molar-refractivity contribution is 6.32. The molecule has 1 saturated heterocycles. The molecule has 0 spiro atoms. The third kappa shape index (κ3) is 2.82. The van der Waals surface area contributed by atoms with Gasteiger partial charge in [-0.05, 0) is 12.1 Å². The molecule has 1 aromatic rings. The number of amides is 1. The zero-order valence-corrected chi connectivity index (χ0v) is 10.3. The van der Waals surface area contributed by atoms with Gasteiger partial charge >= 0.3 is 5.97 Å². The highest BCUT2D eigenvalue weighted by Gasteiger charge is 2.28. The van der Waals surface area contributed by atoms with E-state index < -0.39 is 22.8 Å². The number of hydrogen-bond donors (Lipinski definition) is 1. The zero-order valence-electron chi connectivity index (χ0n) is 9.59. The molecule has 1 aliphatic heterocycles. The third-order valence-electron chi connectivity index (χ3n) is 2.65. The number of benzene rings is 1. The molecule has 1 atom stereocenters. The molecule has 8 heteroatoms. The maximum Gasteiger partial charge on any atom is 0.328 e. The Morgan fingerprint density at radius 3 is 2.84 bits per heavy atom. The molecule has 19 heavy (non-hydrogen) atoms. The lowest BCUT2D eigenvalue weighted by Crippen LogP contribution is -2.37. The number of cyclic esters (lactones) is 1. The van der Waals surface area contributed by atoms with Gasteiger partial charge in [0.15, 0.2) is 0 Å². The van der Waals surface area contributed by atoms with Crippen LogP contribution in [-0.4, -0.2) is 29.4 Å². The number of ether oxygens (including phenoxy) is 1. The second-order valence-electron chi connectivity index (χ2n) is 3.91. The van der Waals surface area contributed by atoms with Gasteiger partial charge in [0.25, 0.3) is 11.6 Å². The summed E-state index contributed by atoms with van der Waals surface area (Å²) in [5.74, 6) is -1.08. The van der Waals surface area contributed by atoms with Crippen molar-refractivity contribution in [3.63, 3.8) is 0 Å². The highest BCUT2D eigenvalue weighted by atomic mass is 35.5. The predicted molar refractivity (Wildman–Crippen MR) is 64.9 cm³/mol. The Kier molecular flexibility index (Phi) is 3.66. The van der Waals surface area contributed by atoms with Crippen molar-refractivity contribution >= 4 is 29.2 Å². The van der Waals surface area contributed by atoms with E-state index in [2.05, 4.69) is 5.32 Å². The Hall–Kier alpha value is -2.15. The fourth-order valence-corrected chi connectivity index (χ4v) is 1.85. The van der Waals surface area contributed by atoms with E-state index in [1.165, 1.54) is 12.1 Å². The fraction of sp³-hybridized carbons (Fsp3) is 0.273. The molecule has 1 aromatic carbocycles. The summed E-state index contributed by atoms with van der Waals surface area (Å²) in [6, 6.07) is 2.98. The number of carbonyl (C=O) groups excluding carboxylic acids is 2. The van der Waals surface area contributed by atoms with Crippen LogP contribution < -0.4 is 5.32 Å². The van der Waals surface area contributed by atoms with Crippen LogP contribution in [0.2, 0.25) is 5.02 Å². The Balaban J connectivity index is 2.17. The number of hydrogen-bond acceptors (Lipinski definition) is 5. The fourth-order valence-electron chi connectivity index (χ4n) is 1.66. The van der Waals surface area contributed by atoms with Crippen LogP contribution in [0.3, 0.4) is 0 Å². The first kappa shape index (κ1) is 13.3. The van der Waals surface area contributed by atoms with Crippen LogP contribution in [0, 0.1) is 10.1 Å². The molecule has 2 rings (SSSR count). The lowest BCUT2D eigenvalue weighted by molar-refractivity contribution is -0.384. The van der Waals surface area contributed by atoms with Gasteiger partial charge in [0.1, 0.15) is 11.1 Å². The Morgan fingerprint density at radius 1 is 1.53 bits per heavy atom. The SMILES string of the molecule is O=C(NC1CCOC1=O)c1ccc(Cl)c([N+](=O)[O-])c1. The van der Waals surface area contributed by atoms with Crippen LogP contribution >= 0.6 is 11.6 Å². The van der Waals surface area contributed by atoms with E-state index in [0.29, 0.717) is 6.42 Å². The van der Waals surface area contributed by atoms with Gasteiger partial charge in [-0.2, -0.15) is 0 Å². The molecule has 1 unspecified atom stereocenters. The number of carbonyl (C=O) groups is 2. The molecule has 7 nitrogen and oxygen atoms in total. The number of nitrogens with zero attached hydrogens (tertiary/aromatic N) is 1. The second-order valence-corrected chi connectivity index (χ2v) is 4.31. The number of rotatable bonds is 3. The summed E-state index contributed by atoms with van der Waals surface area (Å²) < 4.78 is 4.70. The van der Waals surface area contributed by atoms with E-state index in [-0.39, 0.29) is 22.9 Å². The lowest BCUT2D eigenvalue weighted by atomic mass is 10.1. The van der Waals surface area contributed by atoms with Gasteiger partial charge in [0, 0.05) is 18.1 Å². The highest BCUT2D eigenvalue weighted by Crippen LogP contribution is 2.25. The average molecular weight is 285 g/mol. The number of esters is 1. The van der Waals surface area contributed by atoms with Gasteiger partial charge in [-0.1, -0.05) is 11.6 Å². The summed E-state index contributed by atoms with van der Waals surface area (Å²) in [6.07, 6.45) is 0.389. The number of nitro groups is 1. The molecular weight excluding hydrogens is 276 g/mol. The minimum atomic E-state index is -0.706. The Morgan fingerprint density at radius 2 is 2.26 bits per heavy atom. The molecule has 1 N–H and O–H groups in total. The van der Waals surface area contributed by atoms with Gasteiger partial charge in [-0.25, -0.2) is 4.79 Å². The van der Waals surface area contributed by atoms with Gasteiger partial charge in [0.05, 0.1) is 11.5 Å². The summed E-state index contributed by atoms with van der Waals surface area (Å²) >= 11 is 5.64. The van der Waals surface area contributed by atoms with Gasteiger partial charge < -0.3 is 10.1 Å². The molecule has 1 amide bonds. The number of halogens is 1. The van der Waals surface area contributed by atoms with Crippen molar-refractivity contribution in [2.75, 3.05) is 6.61 Å². The summed E-state index contributed by atoms with van der Waals surface area (Å²) in [5, 5.41) is 13.1. The van der Waals surface area contributed by atoms with Crippen LogP contribution in [0.15, 0.2) is 18.2 Å². The van der Waals surface area contributed by atoms with E-state index >= 15 is 0 Å². The molecule has 100 valence electrons. The van der Waals surface area contributed by atoms with E-state index in [0.717, 1.165) is 6.07 Å². The Bertz CT molecular complexity index is 560. The van der Waals surface area contributed by atoms with Crippen molar-refractivity contribution < 1.29 is 19.2 Å². The molecular formula is C11H9ClN2O5. The van der Waals surface area contributed by atoms with Gasteiger partial charge in [-0.15, -0.1) is 0 Å². The van der Waals surface area contributed by atoms with E-state index in [4.69, 9.17) is 16.3 Å². The summed E-state index contributed by atoms with van der Waals surface area (Å²) in [7, 11) is 0. The van der Waals surface area contributed by atoms with Crippen LogP contribution in [0.4, 0.5) is 5.69 Å². The minimum Gasteiger partial charge on any atom is -0.464 e. The average Bonchev–Trinajstić information content (AvgIpc) is 2.75. The van der Waals surface area contributed by atoms with Crippen molar-refractivity contribution in [1.82, 2.24) is 5.32 Å². The van der Waals surface area contributed by atoms with Crippen LogP contribution in [0.5, 0.6) is 0 Å². The molecule has 1 fully saturated rings. The second kappa shape index (κ2) is 5.23. The molecule has 0 bridgehead atoms. The largest absolute Gasteiger partial charge is 0.464 e. The predicted octanol–water partition coefficient (Wildman–Crippen LogP) is 1.29. The van der Waals surface area contributed by atoms with Crippen LogP contribution in [-0.2, 0) is 9.53 Å². The Labute approximate surface area is 112 Å².